The number of likely N-dealkylation sites (N-methyl/N-ethyl adjacent to an activating group) is 1. The molecule has 1 heterocycles. The molecule has 28 heavy (non-hydrogen) atoms. The van der Waals surface area contributed by atoms with Crippen LogP contribution in [0.5, 0.6) is 0 Å². The first-order chi connectivity index (χ1) is 13.4. The zero-order chi connectivity index (χ0) is 20.5. The van der Waals surface area contributed by atoms with Gasteiger partial charge in [-0.3, -0.25) is 9.59 Å². The fourth-order valence-electron chi connectivity index (χ4n) is 2.77. The molecule has 0 aromatic heterocycles. The van der Waals surface area contributed by atoms with Crippen LogP contribution >= 0.6 is 11.6 Å². The van der Waals surface area contributed by atoms with Gasteiger partial charge in [0.25, 0.3) is 0 Å². The third kappa shape index (κ3) is 6.60. The molecule has 0 aliphatic carbocycles. The number of nitrogens with one attached hydrogen (secondary N) is 2. The van der Waals surface area contributed by atoms with Crippen molar-refractivity contribution in [3.8, 4) is 0 Å². The highest BCUT2D eigenvalue weighted by Crippen LogP contribution is 2.19. The largest absolute Gasteiger partial charge is 0.368 e. The SMILES string of the molecule is CCNC(=NCC(=O)N1CCN(c2ccc(Cl)cc2)CC1)NCC(=O)N(C)C. The summed E-state index contributed by atoms with van der Waals surface area (Å²) >= 11 is 5.94. The van der Waals surface area contributed by atoms with E-state index in [0.29, 0.717) is 30.6 Å². The van der Waals surface area contributed by atoms with Crippen LogP contribution in [0.15, 0.2) is 29.3 Å². The standard InChI is InChI=1S/C19H29ClN6O2/c1-4-21-19(22-13-17(27)24(2)3)23-14-18(28)26-11-9-25(10-12-26)16-7-5-15(20)6-8-16/h5-8H,4,9-14H2,1-3H3,(H2,21,22,23). The molecule has 2 amide bonds. The summed E-state index contributed by atoms with van der Waals surface area (Å²) in [5.74, 6) is 0.382. The first-order valence-electron chi connectivity index (χ1n) is 9.41. The number of guanidine groups is 1. The van der Waals surface area contributed by atoms with E-state index in [0.717, 1.165) is 18.8 Å². The zero-order valence-corrected chi connectivity index (χ0v) is 17.5. The lowest BCUT2D eigenvalue weighted by molar-refractivity contribution is -0.130. The lowest BCUT2D eigenvalue weighted by Gasteiger charge is -2.36. The second-order valence-corrected chi connectivity index (χ2v) is 7.12. The Balaban J connectivity index is 1.83. The van der Waals surface area contributed by atoms with E-state index < -0.39 is 0 Å². The number of nitrogens with zero attached hydrogens (tertiary/aromatic N) is 4. The Hall–Kier alpha value is -2.48. The van der Waals surface area contributed by atoms with Crippen molar-refractivity contribution in [2.45, 2.75) is 6.92 Å². The van der Waals surface area contributed by atoms with Crippen molar-refractivity contribution >= 4 is 35.1 Å². The molecule has 2 rings (SSSR count). The summed E-state index contributed by atoms with van der Waals surface area (Å²) in [7, 11) is 3.39. The van der Waals surface area contributed by atoms with Gasteiger partial charge in [-0.2, -0.15) is 0 Å². The molecular weight excluding hydrogens is 380 g/mol. The molecule has 9 heteroatoms. The molecule has 0 atom stereocenters. The fraction of sp³-hybridized carbons (Fsp3) is 0.526. The third-order valence-electron chi connectivity index (χ3n) is 4.45. The van der Waals surface area contributed by atoms with Gasteiger partial charge in [0, 0.05) is 57.5 Å². The highest BCUT2D eigenvalue weighted by Gasteiger charge is 2.21. The lowest BCUT2D eigenvalue weighted by Crippen LogP contribution is -2.50. The summed E-state index contributed by atoms with van der Waals surface area (Å²) in [6.45, 7) is 5.61. The van der Waals surface area contributed by atoms with Crippen LogP contribution in [-0.4, -0.2) is 87.5 Å². The number of hydrogen-bond acceptors (Lipinski definition) is 4. The highest BCUT2D eigenvalue weighted by molar-refractivity contribution is 6.30. The Morgan fingerprint density at radius 2 is 1.75 bits per heavy atom. The highest BCUT2D eigenvalue weighted by atomic mass is 35.5. The van der Waals surface area contributed by atoms with E-state index in [-0.39, 0.29) is 24.9 Å². The van der Waals surface area contributed by atoms with E-state index in [9.17, 15) is 9.59 Å². The molecule has 0 radical (unpaired) electrons. The molecule has 8 nitrogen and oxygen atoms in total. The summed E-state index contributed by atoms with van der Waals surface area (Å²) < 4.78 is 0. The lowest BCUT2D eigenvalue weighted by atomic mass is 10.2. The fourth-order valence-corrected chi connectivity index (χ4v) is 2.90. The summed E-state index contributed by atoms with van der Waals surface area (Å²) in [6, 6.07) is 7.74. The van der Waals surface area contributed by atoms with Crippen molar-refractivity contribution in [1.29, 1.82) is 0 Å². The molecular formula is C19H29ClN6O2. The quantitative estimate of drug-likeness (QED) is 0.533. The van der Waals surface area contributed by atoms with Crippen LogP contribution in [0.25, 0.3) is 0 Å². The number of halogens is 1. The molecule has 1 aromatic carbocycles. The monoisotopic (exact) mass is 408 g/mol. The van der Waals surface area contributed by atoms with E-state index in [2.05, 4.69) is 20.5 Å². The van der Waals surface area contributed by atoms with E-state index in [1.165, 1.54) is 4.90 Å². The smallest absolute Gasteiger partial charge is 0.244 e. The molecule has 0 bridgehead atoms. The molecule has 1 aromatic rings. The Bertz CT molecular complexity index is 684. The number of benzene rings is 1. The van der Waals surface area contributed by atoms with Gasteiger partial charge in [0.05, 0.1) is 6.54 Å². The zero-order valence-electron chi connectivity index (χ0n) is 16.7. The molecule has 0 spiro atoms. The number of anilines is 1. The maximum Gasteiger partial charge on any atom is 0.244 e. The van der Waals surface area contributed by atoms with Crippen LogP contribution < -0.4 is 15.5 Å². The molecule has 0 saturated carbocycles. The number of aliphatic imine (C=N–C) groups is 1. The summed E-state index contributed by atoms with van der Waals surface area (Å²) in [4.78, 5) is 34.1. The topological polar surface area (TPSA) is 80.3 Å². The van der Waals surface area contributed by atoms with Crippen LogP contribution in [0.1, 0.15) is 6.92 Å². The van der Waals surface area contributed by atoms with Crippen molar-refractivity contribution in [2.24, 2.45) is 4.99 Å². The second kappa shape index (κ2) is 10.8. The van der Waals surface area contributed by atoms with Gasteiger partial charge in [-0.1, -0.05) is 11.6 Å². The van der Waals surface area contributed by atoms with Gasteiger partial charge in [0.2, 0.25) is 11.8 Å². The first-order valence-corrected chi connectivity index (χ1v) is 9.79. The van der Waals surface area contributed by atoms with E-state index in [1.807, 2.05) is 36.1 Å². The summed E-state index contributed by atoms with van der Waals surface area (Å²) in [6.07, 6.45) is 0. The number of piperazine rings is 1. The number of carbonyl (C=O) groups excluding carboxylic acids is 2. The summed E-state index contributed by atoms with van der Waals surface area (Å²) in [5.41, 5.74) is 1.11. The summed E-state index contributed by atoms with van der Waals surface area (Å²) in [5, 5.41) is 6.71. The van der Waals surface area contributed by atoms with Gasteiger partial charge < -0.3 is 25.3 Å². The van der Waals surface area contributed by atoms with Crippen molar-refractivity contribution in [3.63, 3.8) is 0 Å². The molecule has 1 fully saturated rings. The van der Waals surface area contributed by atoms with Crippen LogP contribution in [0, 0.1) is 0 Å². The normalized spacial score (nSPS) is 14.6. The average molecular weight is 409 g/mol. The molecule has 1 aliphatic rings. The van der Waals surface area contributed by atoms with Crippen LogP contribution in [-0.2, 0) is 9.59 Å². The van der Waals surface area contributed by atoms with Crippen molar-refractivity contribution in [1.82, 2.24) is 20.4 Å². The molecule has 1 saturated heterocycles. The maximum atomic E-state index is 12.5. The second-order valence-electron chi connectivity index (χ2n) is 6.68. The van der Waals surface area contributed by atoms with E-state index >= 15 is 0 Å². The van der Waals surface area contributed by atoms with Gasteiger partial charge >= 0.3 is 0 Å². The predicted molar refractivity (Wildman–Crippen MR) is 113 cm³/mol. The minimum Gasteiger partial charge on any atom is -0.368 e. The van der Waals surface area contributed by atoms with Crippen molar-refractivity contribution < 1.29 is 9.59 Å². The number of carbonyl (C=O) groups is 2. The van der Waals surface area contributed by atoms with Gasteiger partial charge in [0.15, 0.2) is 5.96 Å². The number of amides is 2. The number of hydrogen-bond donors (Lipinski definition) is 2. The predicted octanol–water partition coefficient (Wildman–Crippen LogP) is 0.632. The van der Waals surface area contributed by atoms with Gasteiger partial charge in [-0.25, -0.2) is 4.99 Å². The van der Waals surface area contributed by atoms with Crippen molar-refractivity contribution in [3.05, 3.63) is 29.3 Å². The van der Waals surface area contributed by atoms with Crippen molar-refractivity contribution in [2.75, 3.05) is 64.8 Å². The van der Waals surface area contributed by atoms with E-state index in [4.69, 9.17) is 11.6 Å². The van der Waals surface area contributed by atoms with E-state index in [1.54, 1.807) is 14.1 Å². The van der Waals surface area contributed by atoms with Gasteiger partial charge in [-0.15, -0.1) is 0 Å². The minimum atomic E-state index is -0.0600. The Kier molecular flexibility index (Phi) is 8.38. The molecule has 2 N–H and O–H groups in total. The van der Waals surface area contributed by atoms with Gasteiger partial charge in [0.1, 0.15) is 6.54 Å². The van der Waals surface area contributed by atoms with Crippen LogP contribution in [0.4, 0.5) is 5.69 Å². The van der Waals surface area contributed by atoms with Gasteiger partial charge in [-0.05, 0) is 31.2 Å². The minimum absolute atomic E-state index is 0.0214. The Labute approximate surface area is 171 Å². The Morgan fingerprint density at radius 3 is 2.32 bits per heavy atom. The maximum absolute atomic E-state index is 12.5. The Morgan fingerprint density at radius 1 is 1.11 bits per heavy atom. The van der Waals surface area contributed by atoms with Crippen LogP contribution in [0.2, 0.25) is 5.02 Å². The molecule has 0 unspecified atom stereocenters. The van der Waals surface area contributed by atoms with Crippen LogP contribution in [0.3, 0.4) is 0 Å². The third-order valence-corrected chi connectivity index (χ3v) is 4.70. The molecule has 1 aliphatic heterocycles. The molecule has 154 valence electrons. The average Bonchev–Trinajstić information content (AvgIpc) is 2.70. The first kappa shape index (κ1) is 21.8. The number of rotatable bonds is 6.